The zero-order valence-electron chi connectivity index (χ0n) is 18.0. The fraction of sp³-hybridized carbons (Fsp3) is 0.545. The van der Waals surface area contributed by atoms with Crippen LogP contribution in [0.2, 0.25) is 0 Å². The van der Waals surface area contributed by atoms with Gasteiger partial charge in [0.05, 0.1) is 24.8 Å². The lowest BCUT2D eigenvalue weighted by atomic mass is 10.2. The third-order valence-electron chi connectivity index (χ3n) is 4.79. The summed E-state index contributed by atoms with van der Waals surface area (Å²) < 4.78 is 11.5. The highest BCUT2D eigenvalue weighted by molar-refractivity contribution is 7.11. The molecule has 0 atom stereocenters. The molecule has 0 unspecified atom stereocenters. The number of hydrogen-bond donors (Lipinski definition) is 2. The highest BCUT2D eigenvalue weighted by Crippen LogP contribution is 2.19. The molecule has 30 heavy (non-hydrogen) atoms. The van der Waals surface area contributed by atoms with Crippen molar-refractivity contribution < 1.29 is 9.47 Å². The Morgan fingerprint density at radius 2 is 2.10 bits per heavy atom. The van der Waals surface area contributed by atoms with Gasteiger partial charge in [-0.3, -0.25) is 4.90 Å². The van der Waals surface area contributed by atoms with Gasteiger partial charge in [0.1, 0.15) is 12.4 Å². The standard InChI is InChI=1S/C22H33N5O2S/c1-3-23-22(24-9-8-21-25-16-18(2)30-21)26-17-19-6-4-5-7-20(19)29-15-12-27-10-13-28-14-11-27/h4-7,16H,3,8-15,17H2,1-2H3,(H2,23,24,26). The molecule has 164 valence electrons. The smallest absolute Gasteiger partial charge is 0.191 e. The number of thiazole rings is 1. The molecular formula is C22H33N5O2S. The van der Waals surface area contributed by atoms with Crippen molar-refractivity contribution in [2.24, 2.45) is 4.99 Å². The Hall–Kier alpha value is -2.16. The van der Waals surface area contributed by atoms with Crippen molar-refractivity contribution in [2.75, 3.05) is 52.5 Å². The van der Waals surface area contributed by atoms with Gasteiger partial charge in [-0.15, -0.1) is 11.3 Å². The van der Waals surface area contributed by atoms with E-state index in [1.54, 1.807) is 11.3 Å². The number of benzene rings is 1. The van der Waals surface area contributed by atoms with Crippen molar-refractivity contribution in [3.63, 3.8) is 0 Å². The van der Waals surface area contributed by atoms with Crippen LogP contribution in [-0.4, -0.2) is 68.4 Å². The first-order valence-electron chi connectivity index (χ1n) is 10.7. The number of guanidine groups is 1. The minimum absolute atomic E-state index is 0.569. The number of para-hydroxylation sites is 1. The maximum atomic E-state index is 6.07. The van der Waals surface area contributed by atoms with Gasteiger partial charge in [0.2, 0.25) is 0 Å². The molecule has 2 heterocycles. The number of nitrogens with one attached hydrogen (secondary N) is 2. The molecule has 0 bridgehead atoms. The highest BCUT2D eigenvalue weighted by Gasteiger charge is 2.10. The Morgan fingerprint density at radius 3 is 2.87 bits per heavy atom. The van der Waals surface area contributed by atoms with E-state index in [0.29, 0.717) is 13.2 Å². The van der Waals surface area contributed by atoms with E-state index in [-0.39, 0.29) is 0 Å². The number of nitrogens with zero attached hydrogens (tertiary/aromatic N) is 3. The van der Waals surface area contributed by atoms with Crippen LogP contribution in [0.1, 0.15) is 22.4 Å². The Bertz CT molecular complexity index is 789. The molecule has 8 heteroatoms. The summed E-state index contributed by atoms with van der Waals surface area (Å²) in [6, 6.07) is 8.15. The average molecular weight is 432 g/mol. The average Bonchev–Trinajstić information content (AvgIpc) is 3.18. The van der Waals surface area contributed by atoms with Crippen LogP contribution in [0.15, 0.2) is 35.5 Å². The molecular weight excluding hydrogens is 398 g/mol. The Balaban J connectivity index is 1.50. The molecule has 2 aromatic rings. The first-order valence-corrected chi connectivity index (χ1v) is 11.5. The zero-order chi connectivity index (χ0) is 21.0. The first kappa shape index (κ1) is 22.5. The Morgan fingerprint density at radius 1 is 1.27 bits per heavy atom. The van der Waals surface area contributed by atoms with E-state index in [1.165, 1.54) is 4.88 Å². The van der Waals surface area contributed by atoms with Crippen LogP contribution in [0.5, 0.6) is 5.75 Å². The largest absolute Gasteiger partial charge is 0.492 e. The third-order valence-corrected chi connectivity index (χ3v) is 5.77. The summed E-state index contributed by atoms with van der Waals surface area (Å²) in [6.45, 7) is 11.5. The number of rotatable bonds is 10. The SMILES string of the molecule is CCNC(=NCc1ccccc1OCCN1CCOCC1)NCCc1ncc(C)s1. The summed E-state index contributed by atoms with van der Waals surface area (Å²) in [5, 5.41) is 7.86. The van der Waals surface area contributed by atoms with Crippen LogP contribution < -0.4 is 15.4 Å². The summed E-state index contributed by atoms with van der Waals surface area (Å²) in [6.07, 6.45) is 2.82. The predicted octanol–water partition coefficient (Wildman–Crippen LogP) is 2.46. The summed E-state index contributed by atoms with van der Waals surface area (Å²) in [7, 11) is 0. The summed E-state index contributed by atoms with van der Waals surface area (Å²) in [5.41, 5.74) is 1.09. The minimum Gasteiger partial charge on any atom is -0.492 e. The molecule has 0 radical (unpaired) electrons. The van der Waals surface area contributed by atoms with Gasteiger partial charge < -0.3 is 20.1 Å². The molecule has 1 aromatic carbocycles. The van der Waals surface area contributed by atoms with Gasteiger partial charge >= 0.3 is 0 Å². The highest BCUT2D eigenvalue weighted by atomic mass is 32.1. The van der Waals surface area contributed by atoms with E-state index in [1.807, 2.05) is 24.4 Å². The van der Waals surface area contributed by atoms with E-state index >= 15 is 0 Å². The van der Waals surface area contributed by atoms with Crippen LogP contribution in [0.4, 0.5) is 0 Å². The van der Waals surface area contributed by atoms with Gasteiger partial charge in [-0.25, -0.2) is 9.98 Å². The van der Waals surface area contributed by atoms with Gasteiger partial charge in [-0.2, -0.15) is 0 Å². The number of ether oxygens (including phenoxy) is 2. The van der Waals surface area contributed by atoms with Crippen molar-refractivity contribution in [3.8, 4) is 5.75 Å². The fourth-order valence-corrected chi connectivity index (χ4v) is 3.98. The molecule has 1 saturated heterocycles. The monoisotopic (exact) mass is 431 g/mol. The third kappa shape index (κ3) is 7.59. The lowest BCUT2D eigenvalue weighted by Gasteiger charge is -2.26. The number of aromatic nitrogens is 1. The molecule has 7 nitrogen and oxygen atoms in total. The summed E-state index contributed by atoms with van der Waals surface area (Å²) >= 11 is 1.74. The maximum Gasteiger partial charge on any atom is 0.191 e. The molecule has 2 N–H and O–H groups in total. The molecule has 0 amide bonds. The topological polar surface area (TPSA) is 71.0 Å². The van der Waals surface area contributed by atoms with Crippen molar-refractivity contribution in [1.82, 2.24) is 20.5 Å². The number of hydrogen-bond acceptors (Lipinski definition) is 6. The van der Waals surface area contributed by atoms with Crippen molar-refractivity contribution in [1.29, 1.82) is 0 Å². The number of aryl methyl sites for hydroxylation is 1. The summed E-state index contributed by atoms with van der Waals surface area (Å²) in [4.78, 5) is 12.8. The van der Waals surface area contributed by atoms with Gasteiger partial charge in [-0.1, -0.05) is 18.2 Å². The molecule has 0 aliphatic carbocycles. The Kier molecular flexibility index (Phi) is 9.40. The van der Waals surface area contributed by atoms with E-state index in [9.17, 15) is 0 Å². The van der Waals surface area contributed by atoms with Crippen molar-refractivity contribution in [3.05, 3.63) is 45.9 Å². The van der Waals surface area contributed by atoms with Gasteiger partial charge in [0.15, 0.2) is 5.96 Å². The second-order valence-electron chi connectivity index (χ2n) is 7.15. The minimum atomic E-state index is 0.569. The summed E-state index contributed by atoms with van der Waals surface area (Å²) in [5.74, 6) is 1.72. The molecule has 1 fully saturated rings. The second kappa shape index (κ2) is 12.5. The van der Waals surface area contributed by atoms with Gasteiger partial charge in [-0.05, 0) is 19.9 Å². The van der Waals surface area contributed by atoms with Crippen molar-refractivity contribution >= 4 is 17.3 Å². The van der Waals surface area contributed by atoms with Crippen LogP contribution in [-0.2, 0) is 17.7 Å². The fourth-order valence-electron chi connectivity index (χ4n) is 3.20. The maximum absolute atomic E-state index is 6.07. The molecule has 1 aromatic heterocycles. The number of morpholine rings is 1. The molecule has 0 spiro atoms. The van der Waals surface area contributed by atoms with E-state index in [0.717, 1.165) is 74.6 Å². The number of aliphatic imine (C=N–C) groups is 1. The van der Waals surface area contributed by atoms with Crippen LogP contribution in [0, 0.1) is 6.92 Å². The quantitative estimate of drug-likeness (QED) is 0.445. The molecule has 3 rings (SSSR count). The van der Waals surface area contributed by atoms with Crippen LogP contribution >= 0.6 is 11.3 Å². The van der Waals surface area contributed by atoms with Crippen LogP contribution in [0.3, 0.4) is 0 Å². The molecule has 0 saturated carbocycles. The molecule has 1 aliphatic rings. The van der Waals surface area contributed by atoms with E-state index in [2.05, 4.69) is 40.4 Å². The van der Waals surface area contributed by atoms with Crippen molar-refractivity contribution in [2.45, 2.75) is 26.8 Å². The van der Waals surface area contributed by atoms with Gasteiger partial charge in [0.25, 0.3) is 0 Å². The van der Waals surface area contributed by atoms with E-state index < -0.39 is 0 Å². The normalized spacial score (nSPS) is 15.2. The van der Waals surface area contributed by atoms with Gasteiger partial charge in [0, 0.05) is 55.8 Å². The Labute approximate surface area is 183 Å². The second-order valence-corrected chi connectivity index (χ2v) is 8.47. The lowest BCUT2D eigenvalue weighted by Crippen LogP contribution is -2.38. The van der Waals surface area contributed by atoms with Crippen LogP contribution in [0.25, 0.3) is 0 Å². The molecule has 1 aliphatic heterocycles. The zero-order valence-corrected chi connectivity index (χ0v) is 18.8. The van der Waals surface area contributed by atoms with E-state index in [4.69, 9.17) is 14.5 Å². The first-order chi connectivity index (χ1) is 14.7. The lowest BCUT2D eigenvalue weighted by molar-refractivity contribution is 0.0322. The predicted molar refractivity (Wildman–Crippen MR) is 123 cm³/mol.